The molecule has 96 valence electrons. The first-order valence-electron chi connectivity index (χ1n) is 6.10. The van der Waals surface area contributed by atoms with Crippen molar-refractivity contribution in [1.29, 1.82) is 0 Å². The second-order valence-corrected chi connectivity index (χ2v) is 47.2. The molecular formula is C11H30OSi4. The largest absolute Gasteiger partial charge is 0.558 e. The quantitative estimate of drug-likeness (QED) is 0.540. The van der Waals surface area contributed by atoms with Crippen molar-refractivity contribution in [3.05, 3.63) is 12.8 Å². The fraction of sp³-hybridized carbons (Fsp3) is 0.818. The topological polar surface area (TPSA) is 9.23 Å². The van der Waals surface area contributed by atoms with Gasteiger partial charge in [-0.05, 0) is 0 Å². The van der Waals surface area contributed by atoms with E-state index in [4.69, 9.17) is 4.43 Å². The Balaban J connectivity index is 5.92. The maximum Gasteiger partial charge on any atom is 0.205 e. The molecule has 0 unspecified atom stereocenters. The second-order valence-electron chi connectivity index (χ2n) is 7.72. The summed E-state index contributed by atoms with van der Waals surface area (Å²) in [6.45, 7) is 24.9. The Morgan fingerprint density at radius 1 is 0.688 bits per heavy atom. The van der Waals surface area contributed by atoms with Crippen LogP contribution in [0.3, 0.4) is 0 Å². The smallest absolute Gasteiger partial charge is 0.205 e. The van der Waals surface area contributed by atoms with Crippen LogP contribution in [0.15, 0.2) is 12.8 Å². The van der Waals surface area contributed by atoms with Gasteiger partial charge in [0.25, 0.3) is 0 Å². The third kappa shape index (κ3) is 2.63. The van der Waals surface area contributed by atoms with Crippen molar-refractivity contribution < 1.29 is 4.43 Å². The van der Waals surface area contributed by atoms with Crippen LogP contribution < -0.4 is 0 Å². The van der Waals surface area contributed by atoms with Gasteiger partial charge in [-0.25, -0.2) is 0 Å². The summed E-state index contributed by atoms with van der Waals surface area (Å²) < 4.78 is 6.41. The van der Waals surface area contributed by atoms with Crippen molar-refractivity contribution in [1.82, 2.24) is 0 Å². The SMILES string of the molecule is C=CO[Si]([Si](C)(C)C)([Si](C)(C)C)[Si](C)(C)C. The molecule has 0 fully saturated rings. The maximum absolute atomic E-state index is 6.41. The van der Waals surface area contributed by atoms with Gasteiger partial charge in [0.15, 0.2) is 0 Å². The minimum atomic E-state index is -1.60. The van der Waals surface area contributed by atoms with Gasteiger partial charge in [-0.3, -0.25) is 0 Å². The molecule has 0 N–H and O–H groups in total. The van der Waals surface area contributed by atoms with Gasteiger partial charge < -0.3 is 4.43 Å². The summed E-state index contributed by atoms with van der Waals surface area (Å²) in [5.74, 6) is 0. The van der Waals surface area contributed by atoms with E-state index in [9.17, 15) is 0 Å². The van der Waals surface area contributed by atoms with Gasteiger partial charge in [0.2, 0.25) is 6.87 Å². The highest BCUT2D eigenvalue weighted by Crippen LogP contribution is 2.37. The van der Waals surface area contributed by atoms with Crippen LogP contribution in [0.5, 0.6) is 0 Å². The molecule has 0 amide bonds. The van der Waals surface area contributed by atoms with Crippen LogP contribution in [0, 0.1) is 0 Å². The highest BCUT2D eigenvalue weighted by Gasteiger charge is 2.64. The van der Waals surface area contributed by atoms with Crippen LogP contribution >= 0.6 is 0 Å². The van der Waals surface area contributed by atoms with Crippen LogP contribution in [0.1, 0.15) is 0 Å². The van der Waals surface area contributed by atoms with Crippen molar-refractivity contribution in [2.75, 3.05) is 0 Å². The first-order chi connectivity index (χ1) is 6.81. The van der Waals surface area contributed by atoms with E-state index in [1.165, 1.54) is 0 Å². The van der Waals surface area contributed by atoms with Crippen molar-refractivity contribution >= 4 is 29.6 Å². The summed E-state index contributed by atoms with van der Waals surface area (Å²) >= 11 is 0. The molecule has 0 aliphatic heterocycles. The van der Waals surface area contributed by atoms with E-state index >= 15 is 0 Å². The lowest BCUT2D eigenvalue weighted by Gasteiger charge is -2.55. The van der Waals surface area contributed by atoms with Crippen LogP contribution in [-0.2, 0) is 4.43 Å². The Morgan fingerprint density at radius 2 is 0.938 bits per heavy atom. The summed E-state index contributed by atoms with van der Waals surface area (Å²) in [5, 5.41) is 0. The Labute approximate surface area is 106 Å². The molecule has 0 aliphatic rings. The molecule has 16 heavy (non-hydrogen) atoms. The summed E-state index contributed by atoms with van der Waals surface area (Å²) in [7, 11) is -3.78. The van der Waals surface area contributed by atoms with Gasteiger partial charge in [-0.1, -0.05) is 65.5 Å². The molecule has 0 bridgehead atoms. The van der Waals surface area contributed by atoms with E-state index in [0.29, 0.717) is 0 Å². The monoisotopic (exact) mass is 290 g/mol. The Kier molecular flexibility index (Phi) is 4.70. The maximum atomic E-state index is 6.41. The summed E-state index contributed by atoms with van der Waals surface area (Å²) in [6.07, 6.45) is 1.76. The molecule has 0 spiro atoms. The Bertz CT molecular complexity index is 219. The van der Waals surface area contributed by atoms with Crippen molar-refractivity contribution in [2.24, 2.45) is 0 Å². The normalized spacial score (nSPS) is 14.8. The fourth-order valence-electron chi connectivity index (χ4n) is 4.03. The van der Waals surface area contributed by atoms with E-state index in [1.54, 1.807) is 6.26 Å². The lowest BCUT2D eigenvalue weighted by molar-refractivity contribution is 0.509. The van der Waals surface area contributed by atoms with E-state index in [2.05, 4.69) is 65.5 Å². The standard InChI is InChI=1S/C11H30OSi4/c1-11-12-16(13(2,3)4,14(5,6)7)15(8,9)10/h11H,1H2,2-10H3. The molecule has 0 aromatic rings. The molecule has 0 aromatic carbocycles. The minimum Gasteiger partial charge on any atom is -0.558 e. The number of rotatable bonds is 5. The average molecular weight is 291 g/mol. The zero-order valence-electron chi connectivity index (χ0n) is 12.7. The van der Waals surface area contributed by atoms with Gasteiger partial charge in [0, 0.05) is 0 Å². The fourth-order valence-corrected chi connectivity index (χ4v) is 97.0. The molecule has 0 aromatic heterocycles. The first kappa shape index (κ1) is 16.4. The van der Waals surface area contributed by atoms with Crippen molar-refractivity contribution in [3.8, 4) is 0 Å². The zero-order chi connectivity index (χ0) is 13.4. The summed E-state index contributed by atoms with van der Waals surface area (Å²) in [4.78, 5) is 0. The third-order valence-corrected chi connectivity index (χ3v) is 70.9. The third-order valence-electron chi connectivity index (χ3n) is 3.43. The second kappa shape index (κ2) is 4.59. The molecule has 0 atom stereocenters. The highest BCUT2D eigenvalue weighted by molar-refractivity contribution is 7.87. The average Bonchev–Trinajstić information content (AvgIpc) is 1.91. The molecule has 1 nitrogen and oxygen atoms in total. The predicted molar refractivity (Wildman–Crippen MR) is 87.1 cm³/mol. The molecule has 0 saturated carbocycles. The predicted octanol–water partition coefficient (Wildman–Crippen LogP) is 4.34. The van der Waals surface area contributed by atoms with Crippen LogP contribution in [0.2, 0.25) is 58.9 Å². The van der Waals surface area contributed by atoms with Gasteiger partial charge in [0.1, 0.15) is 0 Å². The van der Waals surface area contributed by atoms with E-state index in [-0.39, 0.29) is 0 Å². The van der Waals surface area contributed by atoms with Crippen LogP contribution in [0.25, 0.3) is 0 Å². The van der Waals surface area contributed by atoms with Crippen LogP contribution in [0.4, 0.5) is 0 Å². The van der Waals surface area contributed by atoms with E-state index in [0.717, 1.165) is 0 Å². The zero-order valence-corrected chi connectivity index (χ0v) is 16.7. The molecule has 0 heterocycles. The Hall–Kier alpha value is 0.408. The molecular weight excluding hydrogens is 260 g/mol. The summed E-state index contributed by atoms with van der Waals surface area (Å²) in [6, 6.07) is 0. The minimum absolute atomic E-state index is 1.26. The molecule has 0 rings (SSSR count). The molecule has 0 aliphatic carbocycles. The van der Waals surface area contributed by atoms with Crippen molar-refractivity contribution in [3.63, 3.8) is 0 Å². The van der Waals surface area contributed by atoms with Crippen molar-refractivity contribution in [2.45, 2.75) is 58.9 Å². The van der Waals surface area contributed by atoms with Crippen LogP contribution in [-0.4, -0.2) is 29.6 Å². The lowest BCUT2D eigenvalue weighted by Crippen LogP contribution is -2.83. The summed E-state index contributed by atoms with van der Waals surface area (Å²) in [5.41, 5.74) is 0. The van der Waals surface area contributed by atoms with Gasteiger partial charge >= 0.3 is 0 Å². The Morgan fingerprint density at radius 3 is 1.00 bits per heavy atom. The van der Waals surface area contributed by atoms with Gasteiger partial charge in [-0.15, -0.1) is 0 Å². The first-order valence-corrected chi connectivity index (χ1v) is 21.5. The molecule has 0 saturated heterocycles. The van der Waals surface area contributed by atoms with Gasteiger partial charge in [-0.2, -0.15) is 0 Å². The number of hydrogen-bond donors (Lipinski definition) is 0. The lowest BCUT2D eigenvalue weighted by atomic mass is 11.2. The van der Waals surface area contributed by atoms with E-state index in [1.807, 2.05) is 0 Å². The van der Waals surface area contributed by atoms with Gasteiger partial charge in [0.05, 0.1) is 29.0 Å². The molecule has 5 heteroatoms. The molecule has 0 radical (unpaired) electrons. The number of hydrogen-bond acceptors (Lipinski definition) is 1. The highest BCUT2D eigenvalue weighted by atomic mass is 29.9. The van der Waals surface area contributed by atoms with E-state index < -0.39 is 29.6 Å².